The highest BCUT2D eigenvalue weighted by atomic mass is 32.2. The summed E-state index contributed by atoms with van der Waals surface area (Å²) in [5, 5.41) is 8.90. The summed E-state index contributed by atoms with van der Waals surface area (Å²) in [7, 11) is 0. The van der Waals surface area contributed by atoms with Crippen molar-refractivity contribution in [3.05, 3.63) is 51.4 Å². The maximum atomic E-state index is 12.5. The Hall–Kier alpha value is -2.01. The molecule has 0 bridgehead atoms. The molecule has 0 fully saturated rings. The molecule has 1 heterocycles. The van der Waals surface area contributed by atoms with Crippen molar-refractivity contribution in [2.45, 2.75) is 39.0 Å². The molecule has 2 aliphatic rings. The average Bonchev–Trinajstić information content (AvgIpc) is 2.71. The summed E-state index contributed by atoms with van der Waals surface area (Å²) >= 11 is 1.04. The lowest BCUT2D eigenvalue weighted by Crippen LogP contribution is -2.04. The molecule has 1 aromatic rings. The summed E-state index contributed by atoms with van der Waals surface area (Å²) in [6, 6.07) is 0. The van der Waals surface area contributed by atoms with E-state index in [2.05, 4.69) is 6.08 Å². The Morgan fingerprint density at radius 2 is 2.09 bits per heavy atom. The van der Waals surface area contributed by atoms with Crippen LogP contribution < -0.4 is 0 Å². The highest BCUT2D eigenvalue weighted by molar-refractivity contribution is 8.17. The van der Waals surface area contributed by atoms with Gasteiger partial charge in [-0.3, -0.25) is 4.79 Å². The number of thioether (sulfide) groups is 1. The Kier molecular flexibility index (Phi) is 4.57. The number of rotatable bonds is 3. The standard InChI is InChI=1S/C18H18O4S/c1-11-14-8-3-2-4-9-15(14)22-16(11)18(21)23-13-7-5-6-12(10-13)17(19)20/h3,7-8,10H,2,4-6,9H2,1H3,(H,19,20). The van der Waals surface area contributed by atoms with E-state index in [1.807, 2.05) is 19.1 Å². The minimum absolute atomic E-state index is 0.168. The predicted molar refractivity (Wildman–Crippen MR) is 90.4 cm³/mol. The van der Waals surface area contributed by atoms with Crippen LogP contribution in [0.3, 0.4) is 0 Å². The maximum absolute atomic E-state index is 12.5. The Balaban J connectivity index is 1.82. The van der Waals surface area contributed by atoms with Gasteiger partial charge in [-0.05, 0) is 50.4 Å². The SMILES string of the molecule is Cc1c(C(=O)SC2=CCCC(C(=O)O)=C2)oc2c1C=CCCC2. The second-order valence-corrected chi connectivity index (χ2v) is 6.74. The van der Waals surface area contributed by atoms with Gasteiger partial charge < -0.3 is 9.52 Å². The van der Waals surface area contributed by atoms with Crippen LogP contribution >= 0.6 is 11.8 Å². The molecule has 0 atom stereocenters. The predicted octanol–water partition coefficient (Wildman–Crippen LogP) is 4.50. The van der Waals surface area contributed by atoms with Gasteiger partial charge in [-0.15, -0.1) is 0 Å². The third-order valence-corrected chi connectivity index (χ3v) is 4.97. The van der Waals surface area contributed by atoms with Gasteiger partial charge in [0.2, 0.25) is 0 Å². The maximum Gasteiger partial charge on any atom is 0.331 e. The van der Waals surface area contributed by atoms with Crippen molar-refractivity contribution in [2.24, 2.45) is 0 Å². The van der Waals surface area contributed by atoms with Gasteiger partial charge in [0.15, 0.2) is 5.76 Å². The van der Waals surface area contributed by atoms with Crippen LogP contribution in [-0.2, 0) is 11.2 Å². The van der Waals surface area contributed by atoms with Crippen molar-refractivity contribution in [2.75, 3.05) is 0 Å². The van der Waals surface area contributed by atoms with Crippen molar-refractivity contribution < 1.29 is 19.1 Å². The molecule has 0 spiro atoms. The molecule has 0 radical (unpaired) electrons. The van der Waals surface area contributed by atoms with Crippen molar-refractivity contribution in [1.82, 2.24) is 0 Å². The first-order valence-corrected chi connectivity index (χ1v) is 8.53. The Bertz CT molecular complexity index is 749. The number of carbonyl (C=O) groups excluding carboxylic acids is 1. The molecule has 4 nitrogen and oxygen atoms in total. The van der Waals surface area contributed by atoms with Crippen LogP contribution in [-0.4, -0.2) is 16.2 Å². The average molecular weight is 330 g/mol. The fourth-order valence-electron chi connectivity index (χ4n) is 2.83. The summed E-state index contributed by atoms with van der Waals surface area (Å²) in [5.74, 6) is 0.331. The molecule has 0 unspecified atom stereocenters. The topological polar surface area (TPSA) is 67.5 Å². The number of carboxylic acids is 1. The number of furan rings is 1. The minimum Gasteiger partial charge on any atom is -0.478 e. The van der Waals surface area contributed by atoms with Crippen LogP contribution in [0.1, 0.15) is 53.1 Å². The largest absolute Gasteiger partial charge is 0.478 e. The van der Waals surface area contributed by atoms with E-state index in [4.69, 9.17) is 9.52 Å². The molecule has 23 heavy (non-hydrogen) atoms. The second-order valence-electron chi connectivity index (χ2n) is 5.70. The van der Waals surface area contributed by atoms with E-state index in [1.165, 1.54) is 0 Å². The minimum atomic E-state index is -0.922. The zero-order valence-electron chi connectivity index (χ0n) is 12.9. The van der Waals surface area contributed by atoms with Gasteiger partial charge in [0.1, 0.15) is 5.76 Å². The lowest BCUT2D eigenvalue weighted by Gasteiger charge is -2.09. The third kappa shape index (κ3) is 3.34. The Morgan fingerprint density at radius 1 is 1.26 bits per heavy atom. The molecule has 2 aliphatic carbocycles. The van der Waals surface area contributed by atoms with E-state index in [0.29, 0.717) is 29.1 Å². The van der Waals surface area contributed by atoms with Gasteiger partial charge in [-0.1, -0.05) is 18.2 Å². The highest BCUT2D eigenvalue weighted by Gasteiger charge is 2.23. The number of fused-ring (bicyclic) bond motifs is 1. The molecule has 0 saturated heterocycles. The first-order valence-electron chi connectivity index (χ1n) is 7.71. The fraction of sp³-hybridized carbons (Fsp3) is 0.333. The van der Waals surface area contributed by atoms with Gasteiger partial charge in [0.05, 0.1) is 0 Å². The quantitative estimate of drug-likeness (QED) is 0.884. The van der Waals surface area contributed by atoms with E-state index in [-0.39, 0.29) is 5.12 Å². The van der Waals surface area contributed by atoms with Gasteiger partial charge in [-0.2, -0.15) is 0 Å². The Morgan fingerprint density at radius 3 is 2.87 bits per heavy atom. The number of hydrogen-bond donors (Lipinski definition) is 1. The highest BCUT2D eigenvalue weighted by Crippen LogP contribution is 2.34. The molecular weight excluding hydrogens is 312 g/mol. The first-order chi connectivity index (χ1) is 11.1. The van der Waals surface area contributed by atoms with Crippen LogP contribution in [0.2, 0.25) is 0 Å². The Labute approximate surface area is 138 Å². The van der Waals surface area contributed by atoms with Crippen molar-refractivity contribution >= 4 is 28.9 Å². The van der Waals surface area contributed by atoms with E-state index in [1.54, 1.807) is 6.08 Å². The lowest BCUT2D eigenvalue weighted by molar-refractivity contribution is -0.132. The van der Waals surface area contributed by atoms with Crippen LogP contribution in [0.15, 0.2) is 33.1 Å². The number of allylic oxidation sites excluding steroid dienone is 3. The third-order valence-electron chi connectivity index (χ3n) is 4.08. The van der Waals surface area contributed by atoms with Gasteiger partial charge in [-0.25, -0.2) is 4.79 Å². The summed E-state index contributed by atoms with van der Waals surface area (Å²) in [5.41, 5.74) is 2.23. The number of carbonyl (C=O) groups is 2. The molecule has 1 aromatic heterocycles. The fourth-order valence-corrected chi connectivity index (χ4v) is 3.74. The van der Waals surface area contributed by atoms with Gasteiger partial charge in [0, 0.05) is 28.0 Å². The van der Waals surface area contributed by atoms with E-state index in [0.717, 1.165) is 47.9 Å². The summed E-state index contributed by atoms with van der Waals surface area (Å²) in [6.07, 6.45) is 11.7. The van der Waals surface area contributed by atoms with E-state index >= 15 is 0 Å². The van der Waals surface area contributed by atoms with Gasteiger partial charge >= 0.3 is 5.97 Å². The van der Waals surface area contributed by atoms with Crippen LogP contribution in [0, 0.1) is 6.92 Å². The molecule has 3 rings (SSSR count). The van der Waals surface area contributed by atoms with Crippen molar-refractivity contribution in [3.8, 4) is 0 Å². The summed E-state index contributed by atoms with van der Waals surface area (Å²) in [6.45, 7) is 1.90. The van der Waals surface area contributed by atoms with E-state index < -0.39 is 5.97 Å². The number of aliphatic carboxylic acids is 1. The summed E-state index contributed by atoms with van der Waals surface area (Å²) < 4.78 is 5.81. The monoisotopic (exact) mass is 330 g/mol. The van der Waals surface area contributed by atoms with Crippen LogP contribution in [0.4, 0.5) is 0 Å². The zero-order chi connectivity index (χ0) is 16.4. The normalized spacial score (nSPS) is 17.1. The number of carboxylic acid groups (broad SMARTS) is 1. The first kappa shape index (κ1) is 15.9. The molecule has 5 heteroatoms. The second kappa shape index (κ2) is 6.62. The number of aryl methyl sites for hydroxylation is 1. The molecular formula is C18H18O4S. The lowest BCUT2D eigenvalue weighted by atomic mass is 10.1. The molecule has 120 valence electrons. The molecule has 1 N–H and O–H groups in total. The van der Waals surface area contributed by atoms with Crippen LogP contribution in [0.5, 0.6) is 0 Å². The van der Waals surface area contributed by atoms with E-state index in [9.17, 15) is 9.59 Å². The number of hydrogen-bond acceptors (Lipinski definition) is 4. The molecule has 0 aliphatic heterocycles. The zero-order valence-corrected chi connectivity index (χ0v) is 13.7. The van der Waals surface area contributed by atoms with Crippen molar-refractivity contribution in [1.29, 1.82) is 0 Å². The summed E-state index contributed by atoms with van der Waals surface area (Å²) in [4.78, 5) is 24.3. The smallest absolute Gasteiger partial charge is 0.331 e. The molecule has 0 aromatic carbocycles. The molecule has 0 amide bonds. The molecule has 0 saturated carbocycles. The van der Waals surface area contributed by atoms with Crippen molar-refractivity contribution in [3.63, 3.8) is 0 Å². The van der Waals surface area contributed by atoms with Crippen LogP contribution in [0.25, 0.3) is 6.08 Å². The van der Waals surface area contributed by atoms with Gasteiger partial charge in [0.25, 0.3) is 5.12 Å².